The molecule has 1 rings (SSSR count). The summed E-state index contributed by atoms with van der Waals surface area (Å²) >= 11 is 0. The lowest BCUT2D eigenvalue weighted by Crippen LogP contribution is -2.43. The molecule has 0 aromatic rings. The molecule has 0 heterocycles. The van der Waals surface area contributed by atoms with Crippen LogP contribution >= 0.6 is 0 Å². The Balaban J connectivity index is 2.35. The Morgan fingerprint density at radius 1 is 1.40 bits per heavy atom. The van der Waals surface area contributed by atoms with Crippen molar-refractivity contribution in [1.29, 1.82) is 5.26 Å². The third kappa shape index (κ3) is 4.19. The maximum absolute atomic E-state index is 9.09. The molecule has 2 atom stereocenters. The number of nitrogens with one attached hydrogen (secondary N) is 1. The van der Waals surface area contributed by atoms with Crippen LogP contribution < -0.4 is 5.32 Å². The van der Waals surface area contributed by atoms with E-state index in [9.17, 15) is 0 Å². The van der Waals surface area contributed by atoms with Gasteiger partial charge in [-0.05, 0) is 12.8 Å². The van der Waals surface area contributed by atoms with Gasteiger partial charge in [0.2, 0.25) is 0 Å². The topological polar surface area (TPSA) is 45.0 Å². The zero-order valence-corrected chi connectivity index (χ0v) is 9.83. The summed E-state index contributed by atoms with van der Waals surface area (Å²) in [4.78, 5) is 0. The van der Waals surface area contributed by atoms with Crippen molar-refractivity contribution in [1.82, 2.24) is 5.32 Å². The minimum absolute atomic E-state index is 0.0620. The number of methoxy groups -OCH3 is 1. The molecule has 0 saturated heterocycles. The molecular weight excluding hydrogens is 188 g/mol. The summed E-state index contributed by atoms with van der Waals surface area (Å²) < 4.78 is 5.08. The molecule has 0 spiro atoms. The highest BCUT2D eigenvalue weighted by atomic mass is 16.5. The Morgan fingerprint density at radius 3 is 2.60 bits per heavy atom. The first-order valence-corrected chi connectivity index (χ1v) is 5.92. The maximum Gasteiger partial charge on any atom is 0.100 e. The molecule has 0 bridgehead atoms. The number of hydrogen-bond donors (Lipinski definition) is 1. The van der Waals surface area contributed by atoms with Gasteiger partial charge in [0.1, 0.15) is 6.04 Å². The van der Waals surface area contributed by atoms with E-state index in [1.165, 1.54) is 32.1 Å². The minimum atomic E-state index is -0.0620. The summed E-state index contributed by atoms with van der Waals surface area (Å²) in [5.41, 5.74) is 0. The van der Waals surface area contributed by atoms with Gasteiger partial charge in [0.05, 0.1) is 12.7 Å². The van der Waals surface area contributed by atoms with Crippen LogP contribution in [0.15, 0.2) is 0 Å². The van der Waals surface area contributed by atoms with Crippen LogP contribution in [0.1, 0.15) is 39.0 Å². The Morgan fingerprint density at radius 2 is 2.07 bits per heavy atom. The van der Waals surface area contributed by atoms with E-state index in [4.69, 9.17) is 10.00 Å². The van der Waals surface area contributed by atoms with E-state index in [1.807, 2.05) is 0 Å². The van der Waals surface area contributed by atoms with Crippen molar-refractivity contribution in [2.75, 3.05) is 13.7 Å². The molecule has 1 aliphatic rings. The zero-order chi connectivity index (χ0) is 11.1. The van der Waals surface area contributed by atoms with Gasteiger partial charge in [-0.15, -0.1) is 0 Å². The first-order chi connectivity index (χ1) is 7.27. The fourth-order valence-electron chi connectivity index (χ4n) is 2.21. The van der Waals surface area contributed by atoms with Gasteiger partial charge in [0.15, 0.2) is 0 Å². The van der Waals surface area contributed by atoms with Gasteiger partial charge in [-0.3, -0.25) is 5.32 Å². The predicted octanol–water partition coefficient (Wildman–Crippen LogP) is 2.08. The highest BCUT2D eigenvalue weighted by Crippen LogP contribution is 2.18. The lowest BCUT2D eigenvalue weighted by atomic mass is 9.93. The number of ether oxygens (including phenoxy) is 1. The van der Waals surface area contributed by atoms with Crippen molar-refractivity contribution in [3.8, 4) is 6.07 Å². The summed E-state index contributed by atoms with van der Waals surface area (Å²) in [6.45, 7) is 2.71. The third-order valence-corrected chi connectivity index (χ3v) is 3.16. The average Bonchev–Trinajstić information content (AvgIpc) is 2.27. The van der Waals surface area contributed by atoms with Crippen LogP contribution in [-0.4, -0.2) is 25.8 Å². The molecule has 0 aliphatic heterocycles. The third-order valence-electron chi connectivity index (χ3n) is 3.16. The molecule has 0 aromatic heterocycles. The summed E-state index contributed by atoms with van der Waals surface area (Å²) in [6, 6.07) is 2.82. The summed E-state index contributed by atoms with van der Waals surface area (Å²) in [7, 11) is 1.69. The van der Waals surface area contributed by atoms with Crippen molar-refractivity contribution in [2.45, 2.75) is 51.1 Å². The molecule has 2 unspecified atom stereocenters. The molecule has 1 fully saturated rings. The highest BCUT2D eigenvalue weighted by Gasteiger charge is 2.21. The van der Waals surface area contributed by atoms with Crippen LogP contribution in [0.25, 0.3) is 0 Å². The van der Waals surface area contributed by atoms with Gasteiger partial charge in [0.25, 0.3) is 0 Å². The molecule has 15 heavy (non-hydrogen) atoms. The fourth-order valence-corrected chi connectivity index (χ4v) is 2.21. The summed E-state index contributed by atoms with van der Waals surface area (Å²) in [6.07, 6.45) is 6.39. The molecule has 0 aromatic carbocycles. The fraction of sp³-hybridized carbons (Fsp3) is 0.917. The molecule has 3 heteroatoms. The second kappa shape index (κ2) is 6.81. The lowest BCUT2D eigenvalue weighted by molar-refractivity contribution is 0.144. The van der Waals surface area contributed by atoms with Gasteiger partial charge in [-0.1, -0.05) is 26.2 Å². The van der Waals surface area contributed by atoms with E-state index >= 15 is 0 Å². The first-order valence-electron chi connectivity index (χ1n) is 5.92. The van der Waals surface area contributed by atoms with Crippen molar-refractivity contribution < 1.29 is 4.74 Å². The normalized spacial score (nSPS) is 21.9. The lowest BCUT2D eigenvalue weighted by Gasteiger charge is -2.27. The number of nitriles is 1. The van der Waals surface area contributed by atoms with Crippen molar-refractivity contribution >= 4 is 0 Å². The molecule has 1 aliphatic carbocycles. The molecule has 3 nitrogen and oxygen atoms in total. The molecule has 86 valence electrons. The molecular formula is C12H22N2O. The SMILES string of the molecule is COCC(C)C(C#N)NC1CCCCC1. The van der Waals surface area contributed by atoms with E-state index in [2.05, 4.69) is 18.3 Å². The Bertz CT molecular complexity index is 206. The van der Waals surface area contributed by atoms with Crippen LogP contribution in [0.2, 0.25) is 0 Å². The maximum atomic E-state index is 9.09. The molecule has 0 amide bonds. The Labute approximate surface area is 92.8 Å². The van der Waals surface area contributed by atoms with E-state index < -0.39 is 0 Å². The molecule has 0 radical (unpaired) electrons. The van der Waals surface area contributed by atoms with E-state index in [0.717, 1.165) is 0 Å². The largest absolute Gasteiger partial charge is 0.384 e. The highest BCUT2D eigenvalue weighted by molar-refractivity contribution is 4.95. The second-order valence-corrected chi connectivity index (χ2v) is 4.54. The number of rotatable bonds is 5. The van der Waals surface area contributed by atoms with Crippen molar-refractivity contribution in [3.05, 3.63) is 0 Å². The van der Waals surface area contributed by atoms with Gasteiger partial charge in [-0.25, -0.2) is 0 Å². The number of hydrogen-bond acceptors (Lipinski definition) is 3. The predicted molar refractivity (Wildman–Crippen MR) is 60.4 cm³/mol. The van der Waals surface area contributed by atoms with Crippen LogP contribution in [0, 0.1) is 17.2 Å². The second-order valence-electron chi connectivity index (χ2n) is 4.54. The van der Waals surface area contributed by atoms with Gasteiger partial charge >= 0.3 is 0 Å². The zero-order valence-electron chi connectivity index (χ0n) is 9.83. The average molecular weight is 210 g/mol. The summed E-state index contributed by atoms with van der Waals surface area (Å²) in [5, 5.41) is 12.5. The van der Waals surface area contributed by atoms with Crippen LogP contribution in [0.3, 0.4) is 0 Å². The van der Waals surface area contributed by atoms with Crippen LogP contribution in [0.5, 0.6) is 0 Å². The monoisotopic (exact) mass is 210 g/mol. The summed E-state index contributed by atoms with van der Waals surface area (Å²) in [5.74, 6) is 0.266. The van der Waals surface area contributed by atoms with Crippen LogP contribution in [0.4, 0.5) is 0 Å². The minimum Gasteiger partial charge on any atom is -0.384 e. The molecule has 1 N–H and O–H groups in total. The molecule has 1 saturated carbocycles. The first kappa shape index (κ1) is 12.5. The number of nitrogens with zero attached hydrogens (tertiary/aromatic N) is 1. The smallest absolute Gasteiger partial charge is 0.100 e. The van der Waals surface area contributed by atoms with Gasteiger partial charge in [0, 0.05) is 19.1 Å². The van der Waals surface area contributed by atoms with Gasteiger partial charge in [-0.2, -0.15) is 5.26 Å². The van der Waals surface area contributed by atoms with Gasteiger partial charge < -0.3 is 4.74 Å². The Hall–Kier alpha value is -0.590. The van der Waals surface area contributed by atoms with E-state index in [1.54, 1.807) is 7.11 Å². The van der Waals surface area contributed by atoms with E-state index in [-0.39, 0.29) is 12.0 Å². The van der Waals surface area contributed by atoms with E-state index in [0.29, 0.717) is 12.6 Å². The quantitative estimate of drug-likeness (QED) is 0.755. The Kier molecular flexibility index (Phi) is 5.67. The standard InChI is InChI=1S/C12H22N2O/c1-10(9-15-2)12(8-13)14-11-6-4-3-5-7-11/h10-12,14H,3-7,9H2,1-2H3. The van der Waals surface area contributed by atoms with Crippen LogP contribution in [-0.2, 0) is 4.74 Å². The van der Waals surface area contributed by atoms with Crippen molar-refractivity contribution in [3.63, 3.8) is 0 Å². The van der Waals surface area contributed by atoms with Crippen molar-refractivity contribution in [2.24, 2.45) is 5.92 Å².